The van der Waals surface area contributed by atoms with Crippen LogP contribution in [0, 0.1) is 55.8 Å². The first kappa shape index (κ1) is 48.7. The number of allylic oxidation sites excluding steroid dienone is 3. The van der Waals surface area contributed by atoms with Crippen LogP contribution in [0.2, 0.25) is 5.04 Å². The molecule has 1 saturated heterocycles. The molecule has 2 saturated carbocycles. The van der Waals surface area contributed by atoms with E-state index in [9.17, 15) is 5.11 Å². The zero-order chi connectivity index (χ0) is 47.4. The van der Waals surface area contributed by atoms with Crippen LogP contribution in [0.15, 0.2) is 133 Å². The van der Waals surface area contributed by atoms with Crippen LogP contribution in [0.5, 0.6) is 11.5 Å². The second kappa shape index (κ2) is 18.6. The fourth-order valence-corrected chi connectivity index (χ4v) is 19.2. The number of fused-ring (bicyclic) bond motifs is 3. The van der Waals surface area contributed by atoms with E-state index in [1.54, 1.807) is 14.2 Å². The van der Waals surface area contributed by atoms with Gasteiger partial charge in [-0.3, -0.25) is 4.79 Å². The predicted octanol–water partition coefficient (Wildman–Crippen LogP) is 11.1. The number of methoxy groups -OCH3 is 2. The SMILES string of the molecule is C=C[C@]1(C)C=C(C)[C@H]2[C@@H]([C@H](Oc3ccc(I)cc3)[C@H]3[C@H](C)C[C@H](C)C[C@@]32C)[C@@H]1C(O)C1CC(CO[Si](c2ccccc2)(c2ccccc2)C(C)(C)C)(OC)N(Cc2ccc(OC)cc2)C1=O. The van der Waals surface area contributed by atoms with Crippen molar-refractivity contribution in [3.05, 3.63) is 143 Å². The number of likely N-dealkylation sites (tertiary alicyclic amines) is 1. The third kappa shape index (κ3) is 8.34. The minimum Gasteiger partial charge on any atom is -0.497 e. The lowest BCUT2D eigenvalue weighted by Gasteiger charge is -2.51. The molecule has 1 aliphatic heterocycles. The summed E-state index contributed by atoms with van der Waals surface area (Å²) >= 11 is 2.35. The molecule has 0 aromatic heterocycles. The third-order valence-electron chi connectivity index (χ3n) is 16.7. The molecule has 66 heavy (non-hydrogen) atoms. The molecule has 1 amide bonds. The number of carbonyl (C=O) groups excluding carboxylic acids is 1. The van der Waals surface area contributed by atoms with Crippen LogP contribution in [0.1, 0.15) is 80.2 Å². The summed E-state index contributed by atoms with van der Waals surface area (Å²) < 4.78 is 28.5. The highest BCUT2D eigenvalue weighted by Gasteiger charge is 2.69. The van der Waals surface area contributed by atoms with E-state index < -0.39 is 31.5 Å². The molecule has 3 aliphatic carbocycles. The van der Waals surface area contributed by atoms with Crippen LogP contribution in [-0.2, 0) is 20.5 Å². The van der Waals surface area contributed by atoms with Crippen molar-refractivity contribution < 1.29 is 28.5 Å². The summed E-state index contributed by atoms with van der Waals surface area (Å²) in [6.45, 7) is 23.4. The zero-order valence-electron chi connectivity index (χ0n) is 40.8. The summed E-state index contributed by atoms with van der Waals surface area (Å²) in [5, 5.41) is 15.6. The monoisotopic (exact) mass is 1020 g/mol. The highest BCUT2D eigenvalue weighted by atomic mass is 127. The fourth-order valence-electron chi connectivity index (χ4n) is 14.2. The summed E-state index contributed by atoms with van der Waals surface area (Å²) in [5.41, 5.74) is 0.340. The molecule has 8 rings (SSSR count). The second-order valence-corrected chi connectivity index (χ2v) is 27.4. The van der Waals surface area contributed by atoms with Gasteiger partial charge in [0.1, 0.15) is 17.6 Å². The lowest BCUT2D eigenvalue weighted by molar-refractivity contribution is -0.163. The average molecular weight is 1020 g/mol. The van der Waals surface area contributed by atoms with Crippen LogP contribution in [-0.4, -0.2) is 63.0 Å². The van der Waals surface area contributed by atoms with Crippen molar-refractivity contribution in [1.82, 2.24) is 4.90 Å². The van der Waals surface area contributed by atoms with Gasteiger partial charge < -0.3 is 28.6 Å². The van der Waals surface area contributed by atoms with E-state index in [-0.39, 0.29) is 65.7 Å². The number of nitrogens with zero attached hydrogens (tertiary/aromatic N) is 1. The summed E-state index contributed by atoms with van der Waals surface area (Å²) in [7, 11) is 0.260. The summed E-state index contributed by atoms with van der Waals surface area (Å²) in [4.78, 5) is 17.6. The number of aliphatic hydroxyl groups excluding tert-OH is 1. The summed E-state index contributed by atoms with van der Waals surface area (Å²) in [6, 6.07) is 37.4. The maximum absolute atomic E-state index is 15.8. The quantitative estimate of drug-likeness (QED) is 0.0770. The molecule has 3 unspecified atom stereocenters. The van der Waals surface area contributed by atoms with Crippen molar-refractivity contribution in [1.29, 1.82) is 0 Å². The van der Waals surface area contributed by atoms with Crippen molar-refractivity contribution in [2.45, 2.75) is 104 Å². The van der Waals surface area contributed by atoms with Crippen LogP contribution >= 0.6 is 22.6 Å². The molecule has 7 nitrogen and oxygen atoms in total. The van der Waals surface area contributed by atoms with Crippen LogP contribution < -0.4 is 19.8 Å². The highest BCUT2D eigenvalue weighted by Crippen LogP contribution is 2.69. The molecule has 9 heteroatoms. The van der Waals surface area contributed by atoms with E-state index in [0.29, 0.717) is 11.8 Å². The Morgan fingerprint density at radius 1 is 0.894 bits per heavy atom. The number of aliphatic hydroxyl groups is 1. The first-order chi connectivity index (χ1) is 31.4. The van der Waals surface area contributed by atoms with Gasteiger partial charge >= 0.3 is 0 Å². The van der Waals surface area contributed by atoms with Crippen LogP contribution in [0.4, 0.5) is 0 Å². The fraction of sp³-hybridized carbons (Fsp3) is 0.491. The number of halogens is 1. The number of hydrogen-bond donors (Lipinski definition) is 1. The number of carbonyl (C=O) groups is 1. The van der Waals surface area contributed by atoms with E-state index >= 15 is 4.79 Å². The molecule has 0 radical (unpaired) electrons. The Kier molecular flexibility index (Phi) is 13.7. The van der Waals surface area contributed by atoms with Gasteiger partial charge in [0.2, 0.25) is 5.91 Å². The summed E-state index contributed by atoms with van der Waals surface area (Å²) in [5.74, 6) is 1.53. The lowest BCUT2D eigenvalue weighted by Crippen LogP contribution is -2.68. The minimum atomic E-state index is -3.10. The number of hydrogen-bond acceptors (Lipinski definition) is 6. The smallest absolute Gasteiger partial charge is 0.261 e. The zero-order valence-corrected chi connectivity index (χ0v) is 44.0. The number of ether oxygens (including phenoxy) is 3. The molecular weight excluding hydrogens is 950 g/mol. The molecule has 1 N–H and O–H groups in total. The lowest BCUT2D eigenvalue weighted by atomic mass is 9.53. The molecule has 0 spiro atoms. The van der Waals surface area contributed by atoms with Gasteiger partial charge in [0, 0.05) is 46.8 Å². The topological polar surface area (TPSA) is 77.5 Å². The maximum Gasteiger partial charge on any atom is 0.261 e. The van der Waals surface area contributed by atoms with Gasteiger partial charge in [-0.25, -0.2) is 0 Å². The average Bonchev–Trinajstić information content (AvgIpc) is 3.71. The van der Waals surface area contributed by atoms with Crippen LogP contribution in [0.25, 0.3) is 0 Å². The molecule has 352 valence electrons. The van der Waals surface area contributed by atoms with Gasteiger partial charge in [0.25, 0.3) is 8.32 Å². The Bertz CT molecular complexity index is 2330. The Labute approximate surface area is 409 Å². The Morgan fingerprint density at radius 3 is 2.03 bits per heavy atom. The van der Waals surface area contributed by atoms with Crippen molar-refractivity contribution in [3.63, 3.8) is 0 Å². The molecule has 12 atom stereocenters. The molecule has 0 bridgehead atoms. The van der Waals surface area contributed by atoms with Gasteiger partial charge in [-0.2, -0.15) is 0 Å². The van der Waals surface area contributed by atoms with Gasteiger partial charge in [0.05, 0.1) is 25.7 Å². The molecule has 3 fully saturated rings. The standard InChI is InChI=1S/C57H72INO6Si/c1-12-55(8)33-39(4)48-47(52(65-43-29-25-41(58)26-30-43)49-38(3)31-37(2)32-56(48,49)9)50(55)51(60)46-34-57(63-11,59(53(46)61)35-40-23-27-42(62-10)28-24-40)36-64-66(54(5,6)7,44-19-15-13-16-20-44)45-21-17-14-18-22-45/h12-30,33,37-38,46-52,60H,1,31-32,34-36H2,2-11H3/t37-,38+,46?,47+,48-,49+,50+,51?,52-,55+,56+,57?/m0/s1. The Balaban J connectivity index is 1.25. The minimum absolute atomic E-state index is 0.0727. The van der Waals surface area contributed by atoms with E-state index in [1.165, 1.54) is 5.57 Å². The van der Waals surface area contributed by atoms with Gasteiger partial charge in [-0.05, 0) is 123 Å². The molecule has 4 aromatic rings. The van der Waals surface area contributed by atoms with Crippen molar-refractivity contribution >= 4 is 47.2 Å². The number of benzene rings is 4. The molecule has 4 aromatic carbocycles. The largest absolute Gasteiger partial charge is 0.497 e. The summed E-state index contributed by atoms with van der Waals surface area (Å²) in [6.07, 6.45) is 5.60. The van der Waals surface area contributed by atoms with Crippen LogP contribution in [0.3, 0.4) is 0 Å². The van der Waals surface area contributed by atoms with Gasteiger partial charge in [-0.15, -0.1) is 6.58 Å². The Hall–Kier alpha value is -3.74. The maximum atomic E-state index is 15.8. The van der Waals surface area contributed by atoms with Crippen molar-refractivity contribution in [2.75, 3.05) is 20.8 Å². The van der Waals surface area contributed by atoms with E-state index in [2.05, 4.69) is 163 Å². The van der Waals surface area contributed by atoms with E-state index in [1.807, 2.05) is 47.4 Å². The van der Waals surface area contributed by atoms with Gasteiger partial charge in [0.15, 0.2) is 5.72 Å². The normalized spacial score (nSPS) is 32.6. The first-order valence-electron chi connectivity index (χ1n) is 24.0. The molecule has 1 heterocycles. The van der Waals surface area contributed by atoms with E-state index in [4.69, 9.17) is 18.6 Å². The number of amides is 1. The molecular formula is C57H72INO6Si. The number of rotatable bonds is 14. The predicted molar refractivity (Wildman–Crippen MR) is 276 cm³/mol. The molecule has 4 aliphatic rings. The highest BCUT2D eigenvalue weighted by molar-refractivity contribution is 14.1. The Morgan fingerprint density at radius 2 is 1.48 bits per heavy atom. The van der Waals surface area contributed by atoms with Crippen molar-refractivity contribution in [2.24, 2.45) is 52.3 Å². The third-order valence-corrected chi connectivity index (χ3v) is 22.4. The first-order valence-corrected chi connectivity index (χ1v) is 27.0. The van der Waals surface area contributed by atoms with E-state index in [0.717, 1.165) is 43.8 Å². The second-order valence-electron chi connectivity index (χ2n) is 21.8. The van der Waals surface area contributed by atoms with Crippen molar-refractivity contribution in [3.8, 4) is 11.5 Å². The van der Waals surface area contributed by atoms with Gasteiger partial charge in [-0.1, -0.05) is 139 Å².